The number of aromatic nitrogens is 1. The molecule has 1 amide bonds. The zero-order valence-electron chi connectivity index (χ0n) is 14.8. The molecular weight excluding hydrogens is 316 g/mol. The van der Waals surface area contributed by atoms with Crippen molar-refractivity contribution in [2.45, 2.75) is 44.2 Å². The monoisotopic (exact) mass is 344 g/mol. The molecule has 2 aliphatic heterocycles. The molecule has 0 spiro atoms. The molecule has 0 aromatic carbocycles. The summed E-state index contributed by atoms with van der Waals surface area (Å²) in [6.07, 6.45) is 7.09. The topological polar surface area (TPSA) is 59.9 Å². The maximum absolute atomic E-state index is 12.7. The Morgan fingerprint density at radius 1 is 1.00 bits per heavy atom. The van der Waals surface area contributed by atoms with Crippen molar-refractivity contribution in [3.8, 4) is 0 Å². The van der Waals surface area contributed by atoms with E-state index in [-0.39, 0.29) is 12.0 Å². The molecule has 6 nitrogen and oxygen atoms in total. The van der Waals surface area contributed by atoms with Gasteiger partial charge in [0.25, 0.3) is 5.91 Å². The van der Waals surface area contributed by atoms with Crippen LogP contribution in [-0.4, -0.2) is 77.2 Å². The van der Waals surface area contributed by atoms with E-state index < -0.39 is 0 Å². The molecule has 0 radical (unpaired) electrons. The van der Waals surface area contributed by atoms with Gasteiger partial charge in [-0.15, -0.1) is 0 Å². The van der Waals surface area contributed by atoms with Crippen molar-refractivity contribution in [1.29, 1.82) is 0 Å². The second-order valence-corrected chi connectivity index (χ2v) is 7.49. The Kier molecular flexibility index (Phi) is 4.90. The summed E-state index contributed by atoms with van der Waals surface area (Å²) in [5, 5.41) is 10.1. The molecule has 2 unspecified atom stereocenters. The Balaban J connectivity index is 1.34. The van der Waals surface area contributed by atoms with Gasteiger partial charge in [0.1, 0.15) is 5.82 Å². The van der Waals surface area contributed by atoms with E-state index in [9.17, 15) is 9.90 Å². The molecule has 0 bridgehead atoms. The van der Waals surface area contributed by atoms with Crippen LogP contribution in [0.3, 0.4) is 0 Å². The van der Waals surface area contributed by atoms with E-state index in [1.54, 1.807) is 6.20 Å². The Bertz CT molecular complexity index is 592. The molecule has 25 heavy (non-hydrogen) atoms. The van der Waals surface area contributed by atoms with Crippen LogP contribution in [0, 0.1) is 0 Å². The lowest BCUT2D eigenvalue weighted by Gasteiger charge is -2.39. The maximum Gasteiger partial charge on any atom is 0.255 e. The van der Waals surface area contributed by atoms with Crippen LogP contribution in [0.5, 0.6) is 0 Å². The summed E-state index contributed by atoms with van der Waals surface area (Å²) in [5.74, 6) is 1.06. The number of nitrogens with zero attached hydrogens (tertiary/aromatic N) is 4. The highest BCUT2D eigenvalue weighted by molar-refractivity contribution is 5.94. The summed E-state index contributed by atoms with van der Waals surface area (Å²) < 4.78 is 0. The number of hydrogen-bond acceptors (Lipinski definition) is 5. The minimum atomic E-state index is -0.190. The molecule has 1 aromatic rings. The molecule has 3 heterocycles. The van der Waals surface area contributed by atoms with E-state index in [1.165, 1.54) is 12.8 Å². The number of amides is 1. The fourth-order valence-corrected chi connectivity index (χ4v) is 4.43. The van der Waals surface area contributed by atoms with Crippen molar-refractivity contribution in [1.82, 2.24) is 14.8 Å². The van der Waals surface area contributed by atoms with Gasteiger partial charge >= 0.3 is 0 Å². The minimum absolute atomic E-state index is 0.0760. The quantitative estimate of drug-likeness (QED) is 0.897. The number of aliphatic hydroxyl groups excluding tert-OH is 1. The number of pyridine rings is 1. The summed E-state index contributed by atoms with van der Waals surface area (Å²) in [5.41, 5.74) is 0.678. The van der Waals surface area contributed by atoms with Crippen LogP contribution in [0.2, 0.25) is 0 Å². The first-order chi connectivity index (χ1) is 12.2. The maximum atomic E-state index is 12.7. The average molecular weight is 344 g/mol. The van der Waals surface area contributed by atoms with E-state index in [1.807, 2.05) is 17.0 Å². The fraction of sp³-hybridized carbons (Fsp3) is 0.684. The molecule has 1 aliphatic carbocycles. The molecule has 6 heteroatoms. The molecule has 1 N–H and O–H groups in total. The first-order valence-electron chi connectivity index (χ1n) is 9.65. The van der Waals surface area contributed by atoms with Gasteiger partial charge in [-0.3, -0.25) is 9.69 Å². The van der Waals surface area contributed by atoms with E-state index in [4.69, 9.17) is 0 Å². The lowest BCUT2D eigenvalue weighted by atomic mass is 10.1. The lowest BCUT2D eigenvalue weighted by Crippen LogP contribution is -2.53. The third kappa shape index (κ3) is 3.51. The summed E-state index contributed by atoms with van der Waals surface area (Å²) in [6.45, 7) is 5.30. The molecule has 1 aromatic heterocycles. The van der Waals surface area contributed by atoms with Crippen LogP contribution in [0.15, 0.2) is 18.3 Å². The van der Waals surface area contributed by atoms with Crippen LogP contribution in [0.4, 0.5) is 5.82 Å². The molecule has 3 fully saturated rings. The number of carbonyl (C=O) groups excluding carboxylic acids is 1. The van der Waals surface area contributed by atoms with E-state index >= 15 is 0 Å². The van der Waals surface area contributed by atoms with Crippen LogP contribution in [0.1, 0.15) is 42.5 Å². The van der Waals surface area contributed by atoms with Crippen LogP contribution >= 0.6 is 0 Å². The molecule has 1 saturated carbocycles. The predicted octanol–water partition coefficient (Wildman–Crippen LogP) is 1.35. The third-order valence-corrected chi connectivity index (χ3v) is 5.94. The van der Waals surface area contributed by atoms with Crippen LogP contribution in [-0.2, 0) is 0 Å². The molecule has 4 rings (SSSR count). The highest BCUT2D eigenvalue weighted by Crippen LogP contribution is 2.25. The largest absolute Gasteiger partial charge is 0.391 e. The van der Waals surface area contributed by atoms with Gasteiger partial charge in [0.2, 0.25) is 0 Å². The van der Waals surface area contributed by atoms with Gasteiger partial charge in [-0.25, -0.2) is 4.98 Å². The lowest BCUT2D eigenvalue weighted by molar-refractivity contribution is 0.0315. The first-order valence-corrected chi connectivity index (χ1v) is 9.65. The Morgan fingerprint density at radius 2 is 1.76 bits per heavy atom. The summed E-state index contributed by atoms with van der Waals surface area (Å²) in [4.78, 5) is 23.8. The molecular formula is C19H28N4O2. The van der Waals surface area contributed by atoms with Crippen molar-refractivity contribution in [3.63, 3.8) is 0 Å². The summed E-state index contributed by atoms with van der Waals surface area (Å²) in [7, 11) is 0. The highest BCUT2D eigenvalue weighted by Gasteiger charge is 2.33. The van der Waals surface area contributed by atoms with Gasteiger partial charge in [0.05, 0.1) is 11.7 Å². The number of rotatable bonds is 3. The summed E-state index contributed by atoms with van der Waals surface area (Å²) in [6, 6.07) is 4.18. The number of aliphatic hydroxyl groups is 1. The van der Waals surface area contributed by atoms with Crippen molar-refractivity contribution in [3.05, 3.63) is 23.9 Å². The SMILES string of the molecule is O=C(c1ccc(N2CCCC2)nc1)N1CCN(C2CCCC2O)CC1. The van der Waals surface area contributed by atoms with Gasteiger partial charge in [-0.05, 0) is 44.2 Å². The van der Waals surface area contributed by atoms with Crippen LogP contribution in [0.25, 0.3) is 0 Å². The highest BCUT2D eigenvalue weighted by atomic mass is 16.3. The van der Waals surface area contributed by atoms with Gasteiger partial charge in [-0.2, -0.15) is 0 Å². The van der Waals surface area contributed by atoms with Gasteiger partial charge in [0.15, 0.2) is 0 Å². The third-order valence-electron chi connectivity index (χ3n) is 5.94. The Labute approximate surface area is 149 Å². The molecule has 3 aliphatic rings. The van der Waals surface area contributed by atoms with Gasteiger partial charge in [0, 0.05) is 51.5 Å². The standard InChI is InChI=1S/C19H28N4O2/c24-17-5-3-4-16(17)21-10-12-23(13-11-21)19(25)15-6-7-18(20-14-15)22-8-1-2-9-22/h6-7,14,16-17,24H,1-5,8-13H2. The zero-order chi connectivity index (χ0) is 17.2. The average Bonchev–Trinajstić information content (AvgIpc) is 3.33. The fourth-order valence-electron chi connectivity index (χ4n) is 4.43. The van der Waals surface area contributed by atoms with Gasteiger partial charge < -0.3 is 14.9 Å². The van der Waals surface area contributed by atoms with Crippen molar-refractivity contribution < 1.29 is 9.90 Å². The van der Waals surface area contributed by atoms with Crippen molar-refractivity contribution >= 4 is 11.7 Å². The zero-order valence-corrected chi connectivity index (χ0v) is 14.8. The Morgan fingerprint density at radius 3 is 2.36 bits per heavy atom. The second-order valence-electron chi connectivity index (χ2n) is 7.49. The number of hydrogen-bond donors (Lipinski definition) is 1. The normalized spacial score (nSPS) is 27.9. The second kappa shape index (κ2) is 7.30. The predicted molar refractivity (Wildman–Crippen MR) is 96.8 cm³/mol. The number of carbonyl (C=O) groups is 1. The van der Waals surface area contributed by atoms with E-state index in [2.05, 4.69) is 14.8 Å². The number of piperazine rings is 1. The molecule has 2 atom stereocenters. The van der Waals surface area contributed by atoms with Crippen molar-refractivity contribution in [2.75, 3.05) is 44.2 Å². The van der Waals surface area contributed by atoms with Gasteiger partial charge in [-0.1, -0.05) is 0 Å². The van der Waals surface area contributed by atoms with E-state index in [0.717, 1.165) is 64.3 Å². The molecule has 136 valence electrons. The first kappa shape index (κ1) is 16.8. The molecule has 2 saturated heterocycles. The number of anilines is 1. The Hall–Kier alpha value is -1.66. The van der Waals surface area contributed by atoms with Crippen LogP contribution < -0.4 is 4.90 Å². The smallest absolute Gasteiger partial charge is 0.255 e. The van der Waals surface area contributed by atoms with Crippen molar-refractivity contribution in [2.24, 2.45) is 0 Å². The van der Waals surface area contributed by atoms with E-state index in [0.29, 0.717) is 11.6 Å². The minimum Gasteiger partial charge on any atom is -0.391 e. The summed E-state index contributed by atoms with van der Waals surface area (Å²) >= 11 is 0.